The van der Waals surface area contributed by atoms with Crippen molar-refractivity contribution in [3.8, 4) is 0 Å². The molecule has 6 heteroatoms. The van der Waals surface area contributed by atoms with Crippen molar-refractivity contribution in [2.24, 2.45) is 23.7 Å². The van der Waals surface area contributed by atoms with E-state index in [1.54, 1.807) is 0 Å². The van der Waals surface area contributed by atoms with E-state index >= 15 is 0 Å². The molecule has 1 N–H and O–H groups in total. The minimum absolute atomic E-state index is 0. The number of aliphatic carboxylic acids is 1. The molecule has 0 fully saturated rings. The molecule has 0 heterocycles. The summed E-state index contributed by atoms with van der Waals surface area (Å²) in [5.41, 5.74) is 1.39. The van der Waals surface area contributed by atoms with Gasteiger partial charge in [-0.3, -0.25) is 4.79 Å². The van der Waals surface area contributed by atoms with Gasteiger partial charge >= 0.3 is 35.5 Å². The van der Waals surface area contributed by atoms with Crippen LogP contribution in [0.4, 0.5) is 0 Å². The Morgan fingerprint density at radius 1 is 1.31 bits per heavy atom. The van der Waals surface area contributed by atoms with Gasteiger partial charge in [0.05, 0.1) is 5.92 Å². The first-order chi connectivity index (χ1) is 13.3. The Morgan fingerprint density at radius 3 is 2.55 bits per heavy atom. The maximum Gasteiger partial charge on any atom is 1.00 e. The quantitative estimate of drug-likeness (QED) is 0.352. The third-order valence-corrected chi connectivity index (χ3v) is 5.89. The third-order valence-electron chi connectivity index (χ3n) is 5.89. The van der Waals surface area contributed by atoms with Crippen molar-refractivity contribution in [1.29, 1.82) is 0 Å². The monoisotopic (exact) mass is 416 g/mol. The molecular weight excluding hydrogens is 379 g/mol. The number of allylic oxidation sites excluding steroid dienone is 3. The smallest absolute Gasteiger partial charge is 0.550 e. The van der Waals surface area contributed by atoms with Gasteiger partial charge in [0.25, 0.3) is 0 Å². The molecule has 0 amide bonds. The minimum Gasteiger partial charge on any atom is -0.550 e. The Kier molecular flexibility index (Phi) is 14.9. The van der Waals surface area contributed by atoms with E-state index in [-0.39, 0.29) is 60.6 Å². The number of carboxylic acids is 1. The summed E-state index contributed by atoms with van der Waals surface area (Å²) < 4.78 is 5.88. The van der Waals surface area contributed by atoms with E-state index in [1.807, 2.05) is 13.8 Å². The molecule has 2 rings (SSSR count). The van der Waals surface area contributed by atoms with Crippen LogP contribution in [0.5, 0.6) is 0 Å². The first kappa shape index (κ1) is 28.4. The Labute approximate surface area is 198 Å². The summed E-state index contributed by atoms with van der Waals surface area (Å²) in [5.74, 6) is 0.531. The van der Waals surface area contributed by atoms with Crippen LogP contribution in [0, 0.1) is 23.7 Å². The number of rotatable bonds is 8. The van der Waals surface area contributed by atoms with Crippen LogP contribution in [0.15, 0.2) is 23.8 Å². The number of carbonyl (C=O) groups excluding carboxylic acids is 2. The molecular formula is C23H37NaO5. The van der Waals surface area contributed by atoms with Crippen LogP contribution in [0.1, 0.15) is 72.6 Å². The SMILES string of the molecule is CC[C@@H]1C2C(=CCC[C@@H]2OC(=O)[C@@H](C)CC)C=C[C@@H]1C.O=C([O-])CCCCO.[Na+]. The molecule has 0 radical (unpaired) electrons. The van der Waals surface area contributed by atoms with E-state index in [9.17, 15) is 14.7 Å². The van der Waals surface area contributed by atoms with Crippen LogP contribution in [0.3, 0.4) is 0 Å². The van der Waals surface area contributed by atoms with Crippen molar-refractivity contribution in [1.82, 2.24) is 0 Å². The maximum absolute atomic E-state index is 12.1. The molecule has 0 saturated carbocycles. The van der Waals surface area contributed by atoms with Gasteiger partial charge in [-0.25, -0.2) is 0 Å². The molecule has 0 spiro atoms. The van der Waals surface area contributed by atoms with Crippen molar-refractivity contribution in [2.75, 3.05) is 6.61 Å². The zero-order chi connectivity index (χ0) is 21.1. The van der Waals surface area contributed by atoms with Gasteiger partial charge in [-0.2, -0.15) is 0 Å². The molecule has 160 valence electrons. The molecule has 0 aliphatic heterocycles. The second-order valence-electron chi connectivity index (χ2n) is 7.93. The van der Waals surface area contributed by atoms with Crippen LogP contribution < -0.4 is 34.7 Å². The Bertz CT molecular complexity index is 557. The van der Waals surface area contributed by atoms with Gasteiger partial charge in [0.1, 0.15) is 6.10 Å². The van der Waals surface area contributed by atoms with E-state index in [0.29, 0.717) is 30.6 Å². The van der Waals surface area contributed by atoms with E-state index in [0.717, 1.165) is 25.7 Å². The second kappa shape index (κ2) is 15.2. The molecule has 0 aromatic heterocycles. The van der Waals surface area contributed by atoms with Crippen molar-refractivity contribution < 1.29 is 54.1 Å². The number of hydrogen-bond acceptors (Lipinski definition) is 5. The number of unbranched alkanes of at least 4 members (excludes halogenated alkanes) is 1. The standard InChI is InChI=1S/C18H28O2.C5H10O3.Na/c1-5-12(3)18(19)20-16-9-7-8-14-11-10-13(4)15(6-2)17(14)16;6-4-2-1-3-5(7)8;/h8,10-13,15-17H,5-7,9H2,1-4H3;6H,1-4H2,(H,7,8);/q;;+1/p-1/t12-,13-,15-,16-,17?;;/m0../s1. The van der Waals surface area contributed by atoms with Crippen LogP contribution in [-0.4, -0.2) is 29.8 Å². The van der Waals surface area contributed by atoms with Gasteiger partial charge in [0.2, 0.25) is 0 Å². The Morgan fingerprint density at radius 2 is 2.00 bits per heavy atom. The predicted octanol–water partition coefficient (Wildman–Crippen LogP) is 0.416. The fraction of sp³-hybridized carbons (Fsp3) is 0.739. The third kappa shape index (κ3) is 9.37. The van der Waals surface area contributed by atoms with E-state index < -0.39 is 5.97 Å². The van der Waals surface area contributed by atoms with Crippen LogP contribution in [0.25, 0.3) is 0 Å². The molecule has 5 atom stereocenters. The molecule has 2 aliphatic rings. The molecule has 0 aromatic carbocycles. The summed E-state index contributed by atoms with van der Waals surface area (Å²) in [6, 6.07) is 0. The Hall–Kier alpha value is -0.620. The first-order valence-corrected chi connectivity index (χ1v) is 10.7. The van der Waals surface area contributed by atoms with Gasteiger partial charge in [-0.15, -0.1) is 0 Å². The van der Waals surface area contributed by atoms with E-state index in [2.05, 4.69) is 32.1 Å². The minimum atomic E-state index is -1.04. The van der Waals surface area contributed by atoms with Crippen molar-refractivity contribution in [2.45, 2.75) is 78.7 Å². The first-order valence-electron chi connectivity index (χ1n) is 10.7. The number of fused-ring (bicyclic) bond motifs is 1. The average Bonchev–Trinajstić information content (AvgIpc) is 2.68. The van der Waals surface area contributed by atoms with Gasteiger partial charge in [-0.05, 0) is 55.9 Å². The summed E-state index contributed by atoms with van der Waals surface area (Å²) in [4.78, 5) is 21.8. The topological polar surface area (TPSA) is 86.7 Å². The van der Waals surface area contributed by atoms with Crippen LogP contribution in [0.2, 0.25) is 0 Å². The number of aliphatic hydroxyl groups is 1. The summed E-state index contributed by atoms with van der Waals surface area (Å²) in [6.45, 7) is 8.60. The predicted molar refractivity (Wildman–Crippen MR) is 108 cm³/mol. The number of ether oxygens (including phenoxy) is 1. The zero-order valence-electron chi connectivity index (χ0n) is 18.9. The van der Waals surface area contributed by atoms with Gasteiger partial charge in [0.15, 0.2) is 0 Å². The maximum atomic E-state index is 12.1. The van der Waals surface area contributed by atoms with Gasteiger partial charge < -0.3 is 19.7 Å². The number of aliphatic hydroxyl groups excluding tert-OH is 1. The molecule has 0 bridgehead atoms. The average molecular weight is 417 g/mol. The normalized spacial score (nSPS) is 26.0. The van der Waals surface area contributed by atoms with Crippen LogP contribution >= 0.6 is 0 Å². The zero-order valence-corrected chi connectivity index (χ0v) is 20.9. The largest absolute Gasteiger partial charge is 1.00 e. The fourth-order valence-corrected chi connectivity index (χ4v) is 3.95. The molecule has 5 nitrogen and oxygen atoms in total. The summed E-state index contributed by atoms with van der Waals surface area (Å²) in [7, 11) is 0. The van der Waals surface area contributed by atoms with Crippen LogP contribution in [-0.2, 0) is 14.3 Å². The van der Waals surface area contributed by atoms with Gasteiger partial charge in [-0.1, -0.05) is 52.3 Å². The molecule has 2 aliphatic carbocycles. The molecule has 29 heavy (non-hydrogen) atoms. The van der Waals surface area contributed by atoms with Gasteiger partial charge in [0, 0.05) is 18.5 Å². The van der Waals surface area contributed by atoms with E-state index in [4.69, 9.17) is 9.84 Å². The number of esters is 1. The molecule has 0 saturated heterocycles. The number of hydrogen-bond donors (Lipinski definition) is 1. The summed E-state index contributed by atoms with van der Waals surface area (Å²) in [5, 5.41) is 17.8. The van der Waals surface area contributed by atoms with E-state index in [1.165, 1.54) is 5.57 Å². The van der Waals surface area contributed by atoms with Crippen molar-refractivity contribution in [3.63, 3.8) is 0 Å². The number of carbonyl (C=O) groups is 2. The molecule has 1 unspecified atom stereocenters. The number of carboxylic acid groups (broad SMARTS) is 1. The summed E-state index contributed by atoms with van der Waals surface area (Å²) >= 11 is 0. The van der Waals surface area contributed by atoms with Crippen molar-refractivity contribution in [3.05, 3.63) is 23.8 Å². The molecule has 0 aromatic rings. The second-order valence-corrected chi connectivity index (χ2v) is 7.93. The summed E-state index contributed by atoms with van der Waals surface area (Å²) in [6.07, 6.45) is 12.1. The Balaban J connectivity index is 0.000000747. The van der Waals surface area contributed by atoms with Crippen molar-refractivity contribution >= 4 is 11.9 Å². The fourth-order valence-electron chi connectivity index (χ4n) is 3.95.